The van der Waals surface area contributed by atoms with E-state index in [-0.39, 0.29) is 0 Å². The molecule has 0 nitrogen and oxygen atoms in total. The average molecular weight is 183 g/mol. The van der Waals surface area contributed by atoms with E-state index in [9.17, 15) is 8.78 Å². The van der Waals surface area contributed by atoms with Crippen LogP contribution in [0.2, 0.25) is 0 Å². The third-order valence-electron chi connectivity index (χ3n) is 0.631. The van der Waals surface area contributed by atoms with Crippen molar-refractivity contribution in [2.24, 2.45) is 5.92 Å². The molecule has 0 rings (SSSR count). The van der Waals surface area contributed by atoms with Crippen molar-refractivity contribution in [3.05, 3.63) is 0 Å². The average Bonchev–Trinajstić information content (AvgIpc) is 1.83. The molecule has 0 fully saturated rings. The van der Waals surface area contributed by atoms with Gasteiger partial charge in [-0.3, -0.25) is 0 Å². The van der Waals surface area contributed by atoms with Gasteiger partial charge in [0.15, 0.2) is 0 Å². The van der Waals surface area contributed by atoms with Crippen molar-refractivity contribution in [3.63, 3.8) is 0 Å². The van der Waals surface area contributed by atoms with Crippen LogP contribution in [0.15, 0.2) is 0 Å². The van der Waals surface area contributed by atoms with Crippen LogP contribution in [0.25, 0.3) is 0 Å². The lowest BCUT2D eigenvalue weighted by Crippen LogP contribution is -2.00. The summed E-state index contributed by atoms with van der Waals surface area (Å²) in [5.74, 6) is 1.56. The monoisotopic (exact) mass is 182 g/mol. The number of rotatable bonds is 2. The van der Waals surface area contributed by atoms with E-state index in [4.69, 9.17) is 0 Å². The van der Waals surface area contributed by atoms with Crippen molar-refractivity contribution >= 4 is 15.9 Å². The molecular formula is C5H5BrF2. The smallest absolute Gasteiger partial charge is 0.106 e. The fourth-order valence-electron chi connectivity index (χ4n) is 0.196. The Kier molecular flexibility index (Phi) is 4.98. The van der Waals surface area contributed by atoms with Crippen LogP contribution < -0.4 is 0 Å². The molecule has 46 valence electrons. The molecule has 0 heterocycles. The van der Waals surface area contributed by atoms with E-state index in [1.165, 1.54) is 0 Å². The molecule has 0 aliphatic heterocycles. The summed E-state index contributed by atoms with van der Waals surface area (Å²) < 4.78 is 23.0. The van der Waals surface area contributed by atoms with E-state index in [0.717, 1.165) is 0 Å². The maximum absolute atomic E-state index is 11.5. The Morgan fingerprint density at radius 2 is 1.88 bits per heavy atom. The highest BCUT2D eigenvalue weighted by Gasteiger charge is 2.00. The van der Waals surface area contributed by atoms with Crippen molar-refractivity contribution < 1.29 is 8.78 Å². The molecule has 0 aromatic carbocycles. The number of hydrogen-bond acceptors (Lipinski definition) is 0. The van der Waals surface area contributed by atoms with Gasteiger partial charge in [0.25, 0.3) is 0 Å². The first-order valence-electron chi connectivity index (χ1n) is 2.08. The van der Waals surface area contributed by atoms with E-state index < -0.39 is 19.3 Å². The topological polar surface area (TPSA) is 0 Å². The Bertz CT molecular complexity index is 98.7. The summed E-state index contributed by atoms with van der Waals surface area (Å²) in [6.07, 6.45) is 0. The minimum atomic E-state index is -0.741. The Balaban J connectivity index is 3.47. The summed E-state index contributed by atoms with van der Waals surface area (Å²) in [5, 5.41) is 0. The summed E-state index contributed by atoms with van der Waals surface area (Å²) in [6, 6.07) is 0. The molecule has 3 heteroatoms. The standard InChI is InChI=1S/C5H5BrF2/c6-2-1-5(3-7)4-8/h5H,3-4H2. The summed E-state index contributed by atoms with van der Waals surface area (Å²) >= 11 is 2.74. The molecule has 0 saturated heterocycles. The molecule has 0 aromatic rings. The lowest BCUT2D eigenvalue weighted by atomic mass is 10.2. The molecule has 0 bridgehead atoms. The van der Waals surface area contributed by atoms with E-state index in [1.807, 2.05) is 0 Å². The minimum Gasteiger partial charge on any atom is -0.250 e. The van der Waals surface area contributed by atoms with Crippen molar-refractivity contribution in [2.75, 3.05) is 13.3 Å². The van der Waals surface area contributed by atoms with Crippen molar-refractivity contribution in [3.8, 4) is 10.8 Å². The van der Waals surface area contributed by atoms with Crippen LogP contribution in [0.3, 0.4) is 0 Å². The zero-order valence-corrected chi connectivity index (χ0v) is 5.71. The lowest BCUT2D eigenvalue weighted by Gasteiger charge is -1.93. The molecule has 0 radical (unpaired) electrons. The van der Waals surface area contributed by atoms with Crippen LogP contribution >= 0.6 is 15.9 Å². The molecule has 0 aliphatic rings. The molecule has 0 saturated carbocycles. The highest BCUT2D eigenvalue weighted by Crippen LogP contribution is 1.95. The summed E-state index contributed by atoms with van der Waals surface area (Å²) in [7, 11) is 0. The van der Waals surface area contributed by atoms with Crippen LogP contribution in [0.4, 0.5) is 8.78 Å². The van der Waals surface area contributed by atoms with Gasteiger partial charge in [-0.1, -0.05) is 5.92 Å². The molecular weight excluding hydrogens is 178 g/mol. The van der Waals surface area contributed by atoms with Gasteiger partial charge in [0.05, 0.1) is 5.92 Å². The quantitative estimate of drug-likeness (QED) is 0.573. The Hall–Kier alpha value is -0.100. The maximum Gasteiger partial charge on any atom is 0.106 e. The molecule has 8 heavy (non-hydrogen) atoms. The van der Waals surface area contributed by atoms with Crippen LogP contribution in [0, 0.1) is 16.7 Å². The van der Waals surface area contributed by atoms with Gasteiger partial charge in [0.2, 0.25) is 0 Å². The first kappa shape index (κ1) is 7.90. The van der Waals surface area contributed by atoms with Gasteiger partial charge in [-0.05, 0) is 4.83 Å². The fraction of sp³-hybridized carbons (Fsp3) is 0.600. The predicted octanol–water partition coefficient (Wildman–Crippen LogP) is 1.90. The van der Waals surface area contributed by atoms with Crippen LogP contribution in [-0.2, 0) is 0 Å². The van der Waals surface area contributed by atoms with Gasteiger partial charge >= 0.3 is 0 Å². The SMILES string of the molecule is FCC(C#CBr)CF. The number of alkyl halides is 2. The first-order chi connectivity index (χ1) is 3.85. The van der Waals surface area contributed by atoms with Gasteiger partial charge in [-0.2, -0.15) is 0 Å². The van der Waals surface area contributed by atoms with Crippen LogP contribution in [-0.4, -0.2) is 13.3 Å². The molecule has 0 N–H and O–H groups in total. The van der Waals surface area contributed by atoms with Crippen LogP contribution in [0.1, 0.15) is 0 Å². The highest BCUT2D eigenvalue weighted by atomic mass is 79.9. The minimum absolute atomic E-state index is 0.713. The van der Waals surface area contributed by atoms with Gasteiger partial charge in [0.1, 0.15) is 13.3 Å². The second-order valence-corrected chi connectivity index (χ2v) is 1.64. The van der Waals surface area contributed by atoms with Crippen LogP contribution in [0.5, 0.6) is 0 Å². The zero-order chi connectivity index (χ0) is 6.41. The number of halogens is 3. The first-order valence-corrected chi connectivity index (χ1v) is 2.87. The van der Waals surface area contributed by atoms with Crippen molar-refractivity contribution in [1.82, 2.24) is 0 Å². The van der Waals surface area contributed by atoms with E-state index in [2.05, 4.69) is 26.7 Å². The third kappa shape index (κ3) is 2.98. The summed E-state index contributed by atoms with van der Waals surface area (Å²) in [4.78, 5) is 2.25. The maximum atomic E-state index is 11.5. The van der Waals surface area contributed by atoms with Gasteiger partial charge < -0.3 is 0 Å². The van der Waals surface area contributed by atoms with Gasteiger partial charge in [-0.15, -0.1) is 0 Å². The molecule has 0 atom stereocenters. The summed E-state index contributed by atoms with van der Waals surface area (Å²) in [5.41, 5.74) is 0. The lowest BCUT2D eigenvalue weighted by molar-refractivity contribution is 0.341. The van der Waals surface area contributed by atoms with E-state index in [0.29, 0.717) is 0 Å². The zero-order valence-electron chi connectivity index (χ0n) is 4.13. The molecule has 0 spiro atoms. The Morgan fingerprint density at radius 3 is 2.00 bits per heavy atom. The highest BCUT2D eigenvalue weighted by molar-refractivity contribution is 9.12. The number of hydrogen-bond donors (Lipinski definition) is 0. The van der Waals surface area contributed by atoms with Crippen molar-refractivity contribution in [2.45, 2.75) is 0 Å². The third-order valence-corrected chi connectivity index (χ3v) is 0.860. The fourth-order valence-corrected chi connectivity index (χ4v) is 0.519. The van der Waals surface area contributed by atoms with Crippen molar-refractivity contribution in [1.29, 1.82) is 0 Å². The second kappa shape index (κ2) is 5.04. The Labute approximate surface area is 55.4 Å². The molecule has 0 aliphatic carbocycles. The van der Waals surface area contributed by atoms with Gasteiger partial charge in [0, 0.05) is 15.9 Å². The largest absolute Gasteiger partial charge is 0.250 e. The molecule has 0 amide bonds. The predicted molar refractivity (Wildman–Crippen MR) is 32.1 cm³/mol. The van der Waals surface area contributed by atoms with E-state index >= 15 is 0 Å². The molecule has 0 unspecified atom stereocenters. The summed E-state index contributed by atoms with van der Waals surface area (Å²) in [6.45, 7) is -1.43. The van der Waals surface area contributed by atoms with Gasteiger partial charge in [-0.25, -0.2) is 8.78 Å². The Morgan fingerprint density at radius 1 is 1.38 bits per heavy atom. The second-order valence-electron chi connectivity index (χ2n) is 1.24. The normalized spacial score (nSPS) is 8.50. The van der Waals surface area contributed by atoms with E-state index in [1.54, 1.807) is 0 Å². The molecule has 0 aromatic heterocycles.